The third-order valence-electron chi connectivity index (χ3n) is 15.8. The predicted molar refractivity (Wildman–Crippen MR) is 290 cm³/mol. The molecule has 0 unspecified atom stereocenters. The number of hydrogen-bond donors (Lipinski definition) is 0. The summed E-state index contributed by atoms with van der Waals surface area (Å²) in [5.74, 6) is 0. The second-order valence-corrected chi connectivity index (χ2v) is 26.0. The van der Waals surface area contributed by atoms with Gasteiger partial charge in [-0.2, -0.15) is 0 Å². The Hall–Kier alpha value is -5.28. The van der Waals surface area contributed by atoms with Crippen LogP contribution in [0.1, 0.15) is 164 Å². The van der Waals surface area contributed by atoms with Crippen molar-refractivity contribution in [1.29, 1.82) is 0 Å². The van der Waals surface area contributed by atoms with E-state index in [1.807, 2.05) is 0 Å². The number of rotatable bonds is 4. The van der Waals surface area contributed by atoms with Crippen molar-refractivity contribution in [3.8, 4) is 39.2 Å². The summed E-state index contributed by atoms with van der Waals surface area (Å²) in [6, 6.07) is 42.1. The first-order chi connectivity index (χ1) is 30.6. The average molecular weight is 869 g/mol. The number of fused-ring (bicyclic) bond motifs is 7. The van der Waals surface area contributed by atoms with Gasteiger partial charge in [-0.05, 0) is 136 Å². The van der Waals surface area contributed by atoms with Crippen LogP contribution in [0.2, 0.25) is 0 Å². The lowest BCUT2D eigenvalue weighted by Gasteiger charge is -2.37. The molecular formula is C63H73BN2. The van der Waals surface area contributed by atoms with Crippen LogP contribution in [-0.2, 0) is 32.5 Å². The molecule has 0 fully saturated rings. The van der Waals surface area contributed by atoms with Crippen LogP contribution in [0.3, 0.4) is 0 Å². The fourth-order valence-corrected chi connectivity index (χ4v) is 11.1. The fraction of sp³-hybridized carbons (Fsp3) is 0.397. The summed E-state index contributed by atoms with van der Waals surface area (Å²) in [6.45, 7) is 42.5. The highest BCUT2D eigenvalue weighted by Gasteiger charge is 2.45. The van der Waals surface area contributed by atoms with E-state index in [4.69, 9.17) is 0 Å². The van der Waals surface area contributed by atoms with Gasteiger partial charge in [-0.3, -0.25) is 0 Å². The second-order valence-electron chi connectivity index (χ2n) is 26.0. The molecule has 0 atom stereocenters. The van der Waals surface area contributed by atoms with Gasteiger partial charge in [0.2, 0.25) is 0 Å². The Morgan fingerprint density at radius 3 is 1.45 bits per heavy atom. The van der Waals surface area contributed by atoms with Crippen molar-refractivity contribution in [1.82, 2.24) is 9.05 Å². The number of benzene rings is 6. The predicted octanol–water partition coefficient (Wildman–Crippen LogP) is 16.2. The molecule has 2 aromatic heterocycles. The molecule has 0 saturated carbocycles. The van der Waals surface area contributed by atoms with Crippen LogP contribution in [0.15, 0.2) is 103 Å². The summed E-state index contributed by atoms with van der Waals surface area (Å²) < 4.78 is 5.51. The molecule has 338 valence electrons. The Bertz CT molecular complexity index is 3290. The highest BCUT2D eigenvalue weighted by molar-refractivity contribution is 6.90. The van der Waals surface area contributed by atoms with Crippen LogP contribution in [0.5, 0.6) is 0 Å². The molecule has 0 spiro atoms. The third kappa shape index (κ3) is 6.71. The maximum atomic E-state index is 2.83. The molecule has 8 aromatic rings. The molecule has 2 aliphatic rings. The van der Waals surface area contributed by atoms with Crippen molar-refractivity contribution in [3.05, 3.63) is 137 Å². The number of nitrogens with zero attached hydrogens (tertiary/aromatic N) is 2. The molecule has 66 heavy (non-hydrogen) atoms. The van der Waals surface area contributed by atoms with Crippen molar-refractivity contribution in [3.63, 3.8) is 0 Å². The Morgan fingerprint density at radius 1 is 0.424 bits per heavy atom. The van der Waals surface area contributed by atoms with Crippen LogP contribution in [0.25, 0.3) is 71.9 Å². The first kappa shape index (κ1) is 44.6. The smallest absolute Gasteiger partial charge is 0.333 e. The van der Waals surface area contributed by atoms with Gasteiger partial charge in [-0.25, -0.2) is 0 Å². The molecule has 2 aliphatic heterocycles. The van der Waals surface area contributed by atoms with E-state index in [-0.39, 0.29) is 39.3 Å². The lowest BCUT2D eigenvalue weighted by molar-refractivity contribution is 0.507. The third-order valence-corrected chi connectivity index (χ3v) is 15.8. The summed E-state index contributed by atoms with van der Waals surface area (Å²) in [7, 11) is 0. The summed E-state index contributed by atoms with van der Waals surface area (Å²) in [6.07, 6.45) is 1.05. The second kappa shape index (κ2) is 14.1. The molecule has 3 heteroatoms. The van der Waals surface area contributed by atoms with E-state index in [1.54, 1.807) is 0 Å². The Labute approximate surface area is 397 Å². The van der Waals surface area contributed by atoms with E-state index in [2.05, 4.69) is 237 Å². The molecule has 0 radical (unpaired) electrons. The van der Waals surface area contributed by atoms with Crippen LogP contribution >= 0.6 is 0 Å². The molecule has 2 nitrogen and oxygen atoms in total. The molecule has 0 bridgehead atoms. The van der Waals surface area contributed by atoms with Crippen molar-refractivity contribution >= 4 is 50.5 Å². The van der Waals surface area contributed by atoms with Gasteiger partial charge in [0.1, 0.15) is 0 Å². The van der Waals surface area contributed by atoms with Gasteiger partial charge in [0.05, 0.1) is 11.0 Å². The summed E-state index contributed by atoms with van der Waals surface area (Å²) in [5.41, 5.74) is 24.2. The molecule has 4 heterocycles. The number of aromatic nitrogens is 2. The van der Waals surface area contributed by atoms with E-state index in [9.17, 15) is 0 Å². The van der Waals surface area contributed by atoms with Gasteiger partial charge in [-0.1, -0.05) is 191 Å². The normalized spacial score (nSPS) is 14.2. The van der Waals surface area contributed by atoms with Crippen molar-refractivity contribution < 1.29 is 0 Å². The van der Waals surface area contributed by atoms with Gasteiger partial charge < -0.3 is 9.05 Å². The number of hydrogen-bond acceptors (Lipinski definition) is 0. The summed E-state index contributed by atoms with van der Waals surface area (Å²) in [4.78, 5) is 0. The molecule has 10 rings (SSSR count). The van der Waals surface area contributed by atoms with Gasteiger partial charge in [0.25, 0.3) is 0 Å². The van der Waals surface area contributed by atoms with Gasteiger partial charge in [0.15, 0.2) is 0 Å². The first-order valence-electron chi connectivity index (χ1n) is 24.9. The van der Waals surface area contributed by atoms with Crippen molar-refractivity contribution in [2.24, 2.45) is 0 Å². The quantitative estimate of drug-likeness (QED) is 0.156. The van der Waals surface area contributed by atoms with Gasteiger partial charge in [-0.15, -0.1) is 0 Å². The molecular weight excluding hydrogens is 796 g/mol. The minimum absolute atomic E-state index is 0.0183. The maximum absolute atomic E-state index is 2.83. The first-order valence-corrected chi connectivity index (χ1v) is 24.9. The highest BCUT2D eigenvalue weighted by Crippen LogP contribution is 2.51. The van der Waals surface area contributed by atoms with E-state index < -0.39 is 0 Å². The fourth-order valence-electron chi connectivity index (χ4n) is 11.1. The molecule has 0 N–H and O–H groups in total. The van der Waals surface area contributed by atoms with Gasteiger partial charge >= 0.3 is 6.85 Å². The molecule has 0 aliphatic carbocycles. The highest BCUT2D eigenvalue weighted by atomic mass is 15.0. The zero-order chi connectivity index (χ0) is 47.6. The van der Waals surface area contributed by atoms with Crippen LogP contribution in [-0.4, -0.2) is 15.9 Å². The SMILES string of the molecule is CCC(C)(C)c1cc2c3c(c1)c(-c1ccc(C(C)(C)C)cc1)c(-c1ccc(C(C)(C)C)cc1)n3B1c3c-2cc(C(C)(C)C)cc3-n2c3ccc(C(C)(C)C)cc3c3cc(C(C)(C)C)cc1c32. The van der Waals surface area contributed by atoms with Crippen molar-refractivity contribution in [2.45, 2.75) is 164 Å². The zero-order valence-corrected chi connectivity index (χ0v) is 43.5. The van der Waals surface area contributed by atoms with Crippen LogP contribution < -0.4 is 10.9 Å². The lowest BCUT2D eigenvalue weighted by Crippen LogP contribution is -2.56. The largest absolute Gasteiger partial charge is 0.375 e. The Kier molecular flexibility index (Phi) is 9.54. The Morgan fingerprint density at radius 2 is 0.909 bits per heavy atom. The van der Waals surface area contributed by atoms with E-state index >= 15 is 0 Å². The zero-order valence-electron chi connectivity index (χ0n) is 43.5. The molecule has 6 aromatic carbocycles. The summed E-state index contributed by atoms with van der Waals surface area (Å²) >= 11 is 0. The minimum atomic E-state index is -0.0718. The molecule has 0 amide bonds. The topological polar surface area (TPSA) is 9.86 Å². The van der Waals surface area contributed by atoms with Crippen molar-refractivity contribution in [2.75, 3.05) is 0 Å². The summed E-state index contributed by atoms with van der Waals surface area (Å²) in [5, 5.41) is 4.05. The van der Waals surface area contributed by atoms with E-state index in [0.29, 0.717) is 0 Å². The Balaban J connectivity index is 1.46. The average Bonchev–Trinajstić information content (AvgIpc) is 3.75. The van der Waals surface area contributed by atoms with Crippen LogP contribution in [0, 0.1) is 0 Å². The van der Waals surface area contributed by atoms with Gasteiger partial charge in [0, 0.05) is 44.2 Å². The van der Waals surface area contributed by atoms with E-state index in [1.165, 1.54) is 116 Å². The standard InChI is InChI=1S/C63H73BN2/c1-19-63(17,18)44-33-48-46-31-43(62(14,15)16)36-52-54(46)64(50-35-42(61(11,12)13)32-47-45-30-41(60(8,9)10)28-29-51(45)65(52)57(47)50)66-55(38-22-26-40(27-23-38)59(5,6)7)53(49(34-44)56(48)66)37-20-24-39(25-21-37)58(2,3)4/h20-36H,19H2,1-18H3. The maximum Gasteiger partial charge on any atom is 0.333 e. The lowest BCUT2D eigenvalue weighted by atomic mass is 9.45. The minimum Gasteiger partial charge on any atom is -0.375 e. The molecule has 0 saturated heterocycles. The monoisotopic (exact) mass is 869 g/mol. The van der Waals surface area contributed by atoms with E-state index in [0.717, 1.165) is 6.42 Å². The van der Waals surface area contributed by atoms with Crippen LogP contribution in [0.4, 0.5) is 0 Å².